The summed E-state index contributed by atoms with van der Waals surface area (Å²) in [7, 11) is 0. The van der Waals surface area contributed by atoms with E-state index in [1.165, 1.54) is 25.7 Å². The number of nitrogens with one attached hydrogen (secondary N) is 1. The molecule has 1 aromatic heterocycles. The van der Waals surface area contributed by atoms with Crippen LogP contribution in [0.1, 0.15) is 61.5 Å². The van der Waals surface area contributed by atoms with Crippen molar-refractivity contribution in [2.75, 3.05) is 31.6 Å². The fourth-order valence-electron chi connectivity index (χ4n) is 4.59. The Bertz CT molecular complexity index is 642. The molecule has 6 heteroatoms. The van der Waals surface area contributed by atoms with Crippen molar-refractivity contribution >= 4 is 11.9 Å². The average Bonchev–Trinajstić information content (AvgIpc) is 3.25. The largest absolute Gasteiger partial charge is 0.378 e. The van der Waals surface area contributed by atoms with E-state index in [2.05, 4.69) is 24.1 Å². The molecule has 0 radical (unpaired) electrons. The second kappa shape index (κ2) is 6.90. The summed E-state index contributed by atoms with van der Waals surface area (Å²) in [4.78, 5) is 23.9. The maximum absolute atomic E-state index is 12.9. The highest BCUT2D eigenvalue weighted by Gasteiger charge is 2.39. The molecule has 1 N–H and O–H groups in total. The quantitative estimate of drug-likeness (QED) is 0.909. The molecule has 1 aromatic rings. The molecule has 0 unspecified atom stereocenters. The Hall–Kier alpha value is -1.69. The third-order valence-electron chi connectivity index (χ3n) is 5.95. The van der Waals surface area contributed by atoms with Gasteiger partial charge in [-0.2, -0.15) is 0 Å². The molecule has 136 valence electrons. The molecule has 0 aromatic carbocycles. The van der Waals surface area contributed by atoms with Crippen molar-refractivity contribution in [3.05, 3.63) is 17.5 Å². The molecule has 3 atom stereocenters. The molecule has 2 bridgehead atoms. The minimum Gasteiger partial charge on any atom is -0.378 e. The van der Waals surface area contributed by atoms with Crippen molar-refractivity contribution in [3.63, 3.8) is 0 Å². The second-order valence-corrected chi connectivity index (χ2v) is 7.98. The Kier molecular flexibility index (Phi) is 4.63. The molecule has 2 aliphatic carbocycles. The van der Waals surface area contributed by atoms with E-state index in [0.29, 0.717) is 43.9 Å². The van der Waals surface area contributed by atoms with E-state index < -0.39 is 0 Å². The number of carbonyl (C=O) groups excluding carboxylic acids is 1. The Morgan fingerprint density at radius 3 is 2.72 bits per heavy atom. The van der Waals surface area contributed by atoms with E-state index in [0.717, 1.165) is 17.5 Å². The summed E-state index contributed by atoms with van der Waals surface area (Å²) in [6.45, 7) is 6.66. The number of aromatic nitrogens is 2. The van der Waals surface area contributed by atoms with Crippen molar-refractivity contribution in [3.8, 4) is 0 Å². The maximum atomic E-state index is 12.9. The number of anilines is 1. The SMILES string of the molecule is CC(C)c1nc(N[C@H]2C[C@@H]3CC[C@H]2C3)ncc1C(=O)N1CCOCC1. The molecule has 2 heterocycles. The van der Waals surface area contributed by atoms with E-state index in [-0.39, 0.29) is 11.8 Å². The van der Waals surface area contributed by atoms with E-state index >= 15 is 0 Å². The number of hydrogen-bond acceptors (Lipinski definition) is 5. The first kappa shape index (κ1) is 16.8. The van der Waals surface area contributed by atoms with Crippen LogP contribution in [0.5, 0.6) is 0 Å². The van der Waals surface area contributed by atoms with Crippen molar-refractivity contribution in [2.24, 2.45) is 11.8 Å². The predicted octanol–water partition coefficient (Wildman–Crippen LogP) is 2.67. The van der Waals surface area contributed by atoms with Crippen LogP contribution in [0.25, 0.3) is 0 Å². The first-order chi connectivity index (χ1) is 12.1. The van der Waals surface area contributed by atoms with Gasteiger partial charge in [-0.1, -0.05) is 20.3 Å². The van der Waals surface area contributed by atoms with Crippen molar-refractivity contribution in [1.82, 2.24) is 14.9 Å². The summed E-state index contributed by atoms with van der Waals surface area (Å²) in [5, 5.41) is 3.55. The Morgan fingerprint density at radius 1 is 1.28 bits per heavy atom. The van der Waals surface area contributed by atoms with Gasteiger partial charge < -0.3 is 15.0 Å². The highest BCUT2D eigenvalue weighted by molar-refractivity contribution is 5.95. The molecule has 25 heavy (non-hydrogen) atoms. The van der Waals surface area contributed by atoms with Gasteiger partial charge in [0.2, 0.25) is 5.95 Å². The van der Waals surface area contributed by atoms with Gasteiger partial charge in [-0.3, -0.25) is 4.79 Å². The van der Waals surface area contributed by atoms with Crippen LogP contribution in [-0.4, -0.2) is 53.1 Å². The van der Waals surface area contributed by atoms with Gasteiger partial charge in [0.15, 0.2) is 0 Å². The smallest absolute Gasteiger partial charge is 0.257 e. The predicted molar refractivity (Wildman–Crippen MR) is 95.7 cm³/mol. The lowest BCUT2D eigenvalue weighted by atomic mass is 9.95. The molecule has 2 saturated carbocycles. The van der Waals surface area contributed by atoms with Gasteiger partial charge in [-0.25, -0.2) is 9.97 Å². The third kappa shape index (κ3) is 3.36. The second-order valence-electron chi connectivity index (χ2n) is 7.98. The summed E-state index contributed by atoms with van der Waals surface area (Å²) in [5.74, 6) is 2.54. The normalized spacial score (nSPS) is 28.6. The number of hydrogen-bond donors (Lipinski definition) is 1. The fourth-order valence-corrected chi connectivity index (χ4v) is 4.59. The summed E-state index contributed by atoms with van der Waals surface area (Å²) in [6, 6.07) is 0.500. The highest BCUT2D eigenvalue weighted by Crippen LogP contribution is 2.45. The lowest BCUT2D eigenvalue weighted by molar-refractivity contribution is 0.0301. The van der Waals surface area contributed by atoms with Gasteiger partial charge in [0.1, 0.15) is 0 Å². The number of morpholine rings is 1. The van der Waals surface area contributed by atoms with E-state index in [4.69, 9.17) is 9.72 Å². The van der Waals surface area contributed by atoms with Crippen LogP contribution in [0.15, 0.2) is 6.20 Å². The topological polar surface area (TPSA) is 67.4 Å². The van der Waals surface area contributed by atoms with Crippen molar-refractivity contribution < 1.29 is 9.53 Å². The number of nitrogens with zero attached hydrogens (tertiary/aromatic N) is 3. The van der Waals surface area contributed by atoms with Gasteiger partial charge in [0, 0.05) is 25.3 Å². The Morgan fingerprint density at radius 2 is 2.08 bits per heavy atom. The number of amides is 1. The Labute approximate surface area is 149 Å². The zero-order valence-corrected chi connectivity index (χ0v) is 15.2. The molecular weight excluding hydrogens is 316 g/mol. The van der Waals surface area contributed by atoms with Gasteiger partial charge >= 0.3 is 0 Å². The summed E-state index contributed by atoms with van der Waals surface area (Å²) in [6.07, 6.45) is 7.01. The monoisotopic (exact) mass is 344 g/mol. The van der Waals surface area contributed by atoms with Gasteiger partial charge in [-0.05, 0) is 37.0 Å². The zero-order valence-electron chi connectivity index (χ0n) is 15.2. The number of rotatable bonds is 4. The first-order valence-corrected chi connectivity index (χ1v) is 9.62. The molecular formula is C19H28N4O2. The molecule has 1 amide bonds. The molecule has 0 spiro atoms. The Balaban J connectivity index is 1.53. The fraction of sp³-hybridized carbons (Fsp3) is 0.737. The van der Waals surface area contributed by atoms with E-state index in [9.17, 15) is 4.79 Å². The standard InChI is InChI=1S/C19H28N4O2/c1-12(2)17-15(18(24)23-5-7-25-8-6-23)11-20-19(22-17)21-16-10-13-3-4-14(16)9-13/h11-14,16H,3-10H2,1-2H3,(H,20,21,22)/t13-,14+,16+/m1/s1. The molecule has 6 nitrogen and oxygen atoms in total. The van der Waals surface area contributed by atoms with Crippen molar-refractivity contribution in [2.45, 2.75) is 51.5 Å². The van der Waals surface area contributed by atoms with Crippen LogP contribution in [0, 0.1) is 11.8 Å². The highest BCUT2D eigenvalue weighted by atomic mass is 16.5. The van der Waals surface area contributed by atoms with Gasteiger partial charge in [0.05, 0.1) is 24.5 Å². The van der Waals surface area contributed by atoms with Crippen LogP contribution in [-0.2, 0) is 4.74 Å². The molecule has 3 fully saturated rings. The molecule has 3 aliphatic rings. The minimum atomic E-state index is 0.0264. The van der Waals surface area contributed by atoms with Crippen LogP contribution < -0.4 is 5.32 Å². The summed E-state index contributed by atoms with van der Waals surface area (Å²) < 4.78 is 5.35. The molecule has 1 aliphatic heterocycles. The maximum Gasteiger partial charge on any atom is 0.257 e. The molecule has 4 rings (SSSR count). The van der Waals surface area contributed by atoms with E-state index in [1.807, 2.05) is 4.90 Å². The van der Waals surface area contributed by atoms with Gasteiger partial charge in [-0.15, -0.1) is 0 Å². The van der Waals surface area contributed by atoms with Crippen LogP contribution in [0.4, 0.5) is 5.95 Å². The lowest BCUT2D eigenvalue weighted by Gasteiger charge is -2.28. The van der Waals surface area contributed by atoms with E-state index in [1.54, 1.807) is 6.20 Å². The third-order valence-corrected chi connectivity index (χ3v) is 5.95. The van der Waals surface area contributed by atoms with Crippen LogP contribution >= 0.6 is 0 Å². The minimum absolute atomic E-state index is 0.0264. The summed E-state index contributed by atoms with van der Waals surface area (Å²) in [5.41, 5.74) is 1.48. The van der Waals surface area contributed by atoms with Gasteiger partial charge in [0.25, 0.3) is 5.91 Å². The van der Waals surface area contributed by atoms with Crippen molar-refractivity contribution in [1.29, 1.82) is 0 Å². The summed E-state index contributed by atoms with van der Waals surface area (Å²) >= 11 is 0. The van der Waals surface area contributed by atoms with Crippen LogP contribution in [0.2, 0.25) is 0 Å². The van der Waals surface area contributed by atoms with Crippen LogP contribution in [0.3, 0.4) is 0 Å². The molecule has 1 saturated heterocycles. The first-order valence-electron chi connectivity index (χ1n) is 9.62. The zero-order chi connectivity index (χ0) is 17.4. The number of ether oxygens (including phenoxy) is 1. The lowest BCUT2D eigenvalue weighted by Crippen LogP contribution is -2.41. The number of carbonyl (C=O) groups is 1. The average molecular weight is 344 g/mol. The number of fused-ring (bicyclic) bond motifs is 2.